The fourth-order valence-corrected chi connectivity index (χ4v) is 2.65. The van der Waals surface area contributed by atoms with Gasteiger partial charge in [0.1, 0.15) is 5.75 Å². The number of hydrogen-bond acceptors (Lipinski definition) is 3. The molecule has 1 aromatic heterocycles. The summed E-state index contributed by atoms with van der Waals surface area (Å²) in [4.78, 5) is 17.9. The SMILES string of the molecule is CCN(CC)C(=O)Oc1ccc2ccc(-c3cccnc3)cc2c1. The Kier molecular flexibility index (Phi) is 4.75. The fourth-order valence-electron chi connectivity index (χ4n) is 2.65. The van der Waals surface area contributed by atoms with Crippen molar-refractivity contribution in [3.63, 3.8) is 0 Å². The maximum absolute atomic E-state index is 12.1. The largest absolute Gasteiger partial charge is 0.415 e. The Hall–Kier alpha value is -2.88. The summed E-state index contributed by atoms with van der Waals surface area (Å²) in [6.45, 7) is 5.14. The molecule has 0 aliphatic heterocycles. The van der Waals surface area contributed by atoms with Gasteiger partial charge in [0.15, 0.2) is 0 Å². The summed E-state index contributed by atoms with van der Waals surface area (Å²) in [5.41, 5.74) is 2.15. The Labute approximate surface area is 141 Å². The zero-order valence-corrected chi connectivity index (χ0v) is 13.9. The molecule has 1 amide bonds. The van der Waals surface area contributed by atoms with Gasteiger partial charge in [-0.05, 0) is 54.4 Å². The summed E-state index contributed by atoms with van der Waals surface area (Å²) in [7, 11) is 0. The molecule has 0 radical (unpaired) electrons. The van der Waals surface area contributed by atoms with Crippen LogP contribution in [0.2, 0.25) is 0 Å². The Morgan fingerprint density at radius 2 is 1.79 bits per heavy atom. The van der Waals surface area contributed by atoms with Crippen molar-refractivity contribution in [2.45, 2.75) is 13.8 Å². The predicted octanol–water partition coefficient (Wildman–Crippen LogP) is 4.74. The van der Waals surface area contributed by atoms with Crippen molar-refractivity contribution in [2.75, 3.05) is 13.1 Å². The Balaban J connectivity index is 1.91. The summed E-state index contributed by atoms with van der Waals surface area (Å²) >= 11 is 0. The molecule has 24 heavy (non-hydrogen) atoms. The Morgan fingerprint density at radius 3 is 2.50 bits per heavy atom. The highest BCUT2D eigenvalue weighted by Gasteiger charge is 2.12. The van der Waals surface area contributed by atoms with Crippen molar-refractivity contribution in [1.82, 2.24) is 9.88 Å². The van der Waals surface area contributed by atoms with E-state index in [9.17, 15) is 4.79 Å². The predicted molar refractivity (Wildman–Crippen MR) is 96.1 cm³/mol. The molecule has 0 N–H and O–H groups in total. The van der Waals surface area contributed by atoms with Crippen LogP contribution >= 0.6 is 0 Å². The van der Waals surface area contributed by atoms with Crippen molar-refractivity contribution in [3.8, 4) is 16.9 Å². The molecule has 0 aliphatic carbocycles. The smallest absolute Gasteiger partial charge is 0.410 e. The number of amides is 1. The Bertz CT molecular complexity index is 843. The first-order chi connectivity index (χ1) is 11.7. The maximum Gasteiger partial charge on any atom is 0.415 e. The number of benzene rings is 2. The van der Waals surface area contributed by atoms with Gasteiger partial charge >= 0.3 is 6.09 Å². The number of carbonyl (C=O) groups is 1. The summed E-state index contributed by atoms with van der Waals surface area (Å²) in [6.07, 6.45) is 3.28. The number of ether oxygens (including phenoxy) is 1. The molecular weight excluding hydrogens is 300 g/mol. The van der Waals surface area contributed by atoms with E-state index >= 15 is 0 Å². The van der Waals surface area contributed by atoms with E-state index < -0.39 is 0 Å². The molecule has 0 saturated heterocycles. The van der Waals surface area contributed by atoms with Gasteiger partial charge in [0.2, 0.25) is 0 Å². The van der Waals surface area contributed by atoms with Crippen LogP contribution in [0.1, 0.15) is 13.8 Å². The molecule has 2 aromatic carbocycles. The van der Waals surface area contributed by atoms with E-state index in [-0.39, 0.29) is 6.09 Å². The van der Waals surface area contributed by atoms with Gasteiger partial charge in [-0.2, -0.15) is 0 Å². The van der Waals surface area contributed by atoms with Crippen LogP contribution in [0.4, 0.5) is 4.79 Å². The lowest BCUT2D eigenvalue weighted by atomic mass is 10.0. The lowest BCUT2D eigenvalue weighted by Gasteiger charge is -2.18. The van der Waals surface area contributed by atoms with E-state index in [1.54, 1.807) is 11.1 Å². The number of aromatic nitrogens is 1. The van der Waals surface area contributed by atoms with Crippen LogP contribution in [0.3, 0.4) is 0 Å². The fraction of sp³-hybridized carbons (Fsp3) is 0.200. The van der Waals surface area contributed by atoms with Crippen molar-refractivity contribution >= 4 is 16.9 Å². The molecule has 4 heteroatoms. The van der Waals surface area contributed by atoms with Gasteiger partial charge in [0.05, 0.1) is 0 Å². The number of carbonyl (C=O) groups excluding carboxylic acids is 1. The monoisotopic (exact) mass is 320 g/mol. The second-order valence-corrected chi connectivity index (χ2v) is 5.51. The zero-order valence-electron chi connectivity index (χ0n) is 13.9. The van der Waals surface area contributed by atoms with Crippen LogP contribution in [-0.4, -0.2) is 29.1 Å². The molecule has 0 bridgehead atoms. The van der Waals surface area contributed by atoms with Crippen molar-refractivity contribution in [2.24, 2.45) is 0 Å². The van der Waals surface area contributed by atoms with Crippen molar-refractivity contribution < 1.29 is 9.53 Å². The number of nitrogens with zero attached hydrogens (tertiary/aromatic N) is 2. The third-order valence-corrected chi connectivity index (χ3v) is 4.03. The highest BCUT2D eigenvalue weighted by atomic mass is 16.6. The summed E-state index contributed by atoms with van der Waals surface area (Å²) < 4.78 is 5.49. The molecule has 0 spiro atoms. The molecule has 3 rings (SSSR count). The van der Waals surface area contributed by atoms with E-state index in [1.807, 2.05) is 50.4 Å². The quantitative estimate of drug-likeness (QED) is 0.697. The lowest BCUT2D eigenvalue weighted by Crippen LogP contribution is -2.33. The molecule has 1 heterocycles. The van der Waals surface area contributed by atoms with Crippen LogP contribution < -0.4 is 4.74 Å². The molecule has 4 nitrogen and oxygen atoms in total. The topological polar surface area (TPSA) is 42.4 Å². The molecule has 122 valence electrons. The molecule has 0 unspecified atom stereocenters. The molecule has 3 aromatic rings. The number of hydrogen-bond donors (Lipinski definition) is 0. The first-order valence-electron chi connectivity index (χ1n) is 8.12. The zero-order chi connectivity index (χ0) is 16.9. The van der Waals surface area contributed by atoms with Crippen molar-refractivity contribution in [1.29, 1.82) is 0 Å². The molecule has 0 atom stereocenters. The third-order valence-electron chi connectivity index (χ3n) is 4.03. The third kappa shape index (κ3) is 3.38. The van der Waals surface area contributed by atoms with E-state index in [0.29, 0.717) is 18.8 Å². The maximum atomic E-state index is 12.1. The summed E-state index contributed by atoms with van der Waals surface area (Å²) in [5, 5.41) is 2.13. The van der Waals surface area contributed by atoms with Crippen LogP contribution in [0.5, 0.6) is 5.75 Å². The van der Waals surface area contributed by atoms with Crippen LogP contribution in [0.25, 0.3) is 21.9 Å². The molecule has 0 fully saturated rings. The van der Waals surface area contributed by atoms with E-state index in [0.717, 1.165) is 21.9 Å². The average molecular weight is 320 g/mol. The second-order valence-electron chi connectivity index (χ2n) is 5.51. The number of pyridine rings is 1. The lowest BCUT2D eigenvalue weighted by molar-refractivity contribution is 0.157. The first-order valence-corrected chi connectivity index (χ1v) is 8.12. The van der Waals surface area contributed by atoms with Gasteiger partial charge in [-0.3, -0.25) is 4.98 Å². The summed E-state index contributed by atoms with van der Waals surface area (Å²) in [6, 6.07) is 15.9. The minimum Gasteiger partial charge on any atom is -0.410 e. The minimum atomic E-state index is -0.317. The van der Waals surface area contributed by atoms with E-state index in [4.69, 9.17) is 4.74 Å². The van der Waals surface area contributed by atoms with Crippen LogP contribution in [-0.2, 0) is 0 Å². The molecule has 0 aliphatic rings. The van der Waals surface area contributed by atoms with Gasteiger partial charge in [-0.25, -0.2) is 4.79 Å². The number of fused-ring (bicyclic) bond motifs is 1. The molecular formula is C20H20N2O2. The van der Waals surface area contributed by atoms with Gasteiger partial charge < -0.3 is 9.64 Å². The van der Waals surface area contributed by atoms with Gasteiger partial charge in [-0.1, -0.05) is 24.3 Å². The number of rotatable bonds is 4. The summed E-state index contributed by atoms with van der Waals surface area (Å²) in [5.74, 6) is 0.558. The standard InChI is InChI=1S/C20H20N2O2/c1-3-22(4-2)20(23)24-19-10-9-15-7-8-16(12-18(15)13-19)17-6-5-11-21-14-17/h5-14H,3-4H2,1-2H3. The van der Waals surface area contributed by atoms with Crippen molar-refractivity contribution in [3.05, 3.63) is 60.9 Å². The second kappa shape index (κ2) is 7.13. The van der Waals surface area contributed by atoms with E-state index in [2.05, 4.69) is 23.2 Å². The Morgan fingerprint density at radius 1 is 1.00 bits per heavy atom. The average Bonchev–Trinajstić information content (AvgIpc) is 2.63. The highest BCUT2D eigenvalue weighted by Crippen LogP contribution is 2.27. The first kappa shape index (κ1) is 16.0. The van der Waals surface area contributed by atoms with Gasteiger partial charge in [-0.15, -0.1) is 0 Å². The molecule has 0 saturated carbocycles. The van der Waals surface area contributed by atoms with Crippen LogP contribution in [0, 0.1) is 0 Å². The van der Waals surface area contributed by atoms with Gasteiger partial charge in [0.25, 0.3) is 0 Å². The van der Waals surface area contributed by atoms with E-state index in [1.165, 1.54) is 0 Å². The highest BCUT2D eigenvalue weighted by molar-refractivity contribution is 5.88. The normalized spacial score (nSPS) is 10.6. The minimum absolute atomic E-state index is 0.317. The van der Waals surface area contributed by atoms with Gasteiger partial charge in [0, 0.05) is 31.0 Å². The van der Waals surface area contributed by atoms with Crippen LogP contribution in [0.15, 0.2) is 60.9 Å².